The average Bonchev–Trinajstić information content (AvgIpc) is 2.96. The first-order valence-corrected chi connectivity index (χ1v) is 12.2. The highest BCUT2D eigenvalue weighted by Crippen LogP contribution is 2.46. The zero-order valence-electron chi connectivity index (χ0n) is 21.3. The van der Waals surface area contributed by atoms with Gasteiger partial charge < -0.3 is 18.9 Å². The SMILES string of the molecule is CCOC(=O)C1=C(NC(=O)c2ccc(OC)c(OC)c2)Oc2ccc3ccccc3c2C1c1ccccc1. The number of hydrogen-bond acceptors (Lipinski definition) is 6. The molecule has 0 saturated carbocycles. The Morgan fingerprint density at radius 3 is 2.34 bits per heavy atom. The lowest BCUT2D eigenvalue weighted by molar-refractivity contribution is -0.139. The molecule has 7 heteroatoms. The number of hydrogen-bond donors (Lipinski definition) is 1. The lowest BCUT2D eigenvalue weighted by atomic mass is 9.80. The van der Waals surface area contributed by atoms with Crippen LogP contribution in [0.4, 0.5) is 0 Å². The summed E-state index contributed by atoms with van der Waals surface area (Å²) in [6.07, 6.45) is 0. The molecule has 0 bridgehead atoms. The molecule has 1 N–H and O–H groups in total. The van der Waals surface area contributed by atoms with Crippen molar-refractivity contribution in [1.29, 1.82) is 0 Å². The van der Waals surface area contributed by atoms with Crippen molar-refractivity contribution in [2.45, 2.75) is 12.8 Å². The maximum atomic E-state index is 13.5. The number of fused-ring (bicyclic) bond motifs is 3. The van der Waals surface area contributed by atoms with E-state index in [1.165, 1.54) is 14.2 Å². The first-order valence-electron chi connectivity index (χ1n) is 12.2. The highest BCUT2D eigenvalue weighted by Gasteiger charge is 2.38. The maximum Gasteiger partial charge on any atom is 0.340 e. The maximum absolute atomic E-state index is 13.5. The van der Waals surface area contributed by atoms with Crippen LogP contribution in [0.25, 0.3) is 10.8 Å². The Kier molecular flexibility index (Phi) is 7.00. The fourth-order valence-corrected chi connectivity index (χ4v) is 4.75. The third kappa shape index (κ3) is 4.54. The quantitative estimate of drug-likeness (QED) is 0.327. The standard InChI is InChI=1S/C31H27NO6/c1-4-37-31(34)28-26(20-11-6-5-7-12-20)27-22-13-9-8-10-19(22)14-17-24(27)38-30(28)32-29(33)21-15-16-23(35-2)25(18-21)36-3/h5-18,26H,4H2,1-3H3,(H,32,33). The number of carbonyl (C=O) groups is 2. The predicted octanol–water partition coefficient (Wildman–Crippen LogP) is 5.59. The van der Waals surface area contributed by atoms with E-state index in [1.54, 1.807) is 25.1 Å². The summed E-state index contributed by atoms with van der Waals surface area (Å²) in [5, 5.41) is 4.78. The van der Waals surface area contributed by atoms with Gasteiger partial charge in [-0.25, -0.2) is 4.79 Å². The lowest BCUT2D eigenvalue weighted by Gasteiger charge is -2.31. The lowest BCUT2D eigenvalue weighted by Crippen LogP contribution is -2.34. The van der Waals surface area contributed by atoms with E-state index in [1.807, 2.05) is 66.7 Å². The molecule has 38 heavy (non-hydrogen) atoms. The van der Waals surface area contributed by atoms with Crippen LogP contribution >= 0.6 is 0 Å². The number of methoxy groups -OCH3 is 2. The average molecular weight is 510 g/mol. The molecule has 1 unspecified atom stereocenters. The molecule has 1 aliphatic heterocycles. The van der Waals surface area contributed by atoms with Crippen molar-refractivity contribution >= 4 is 22.6 Å². The number of esters is 1. The second-order valence-electron chi connectivity index (χ2n) is 8.63. The zero-order chi connectivity index (χ0) is 26.6. The van der Waals surface area contributed by atoms with Gasteiger partial charge in [0.2, 0.25) is 5.88 Å². The topological polar surface area (TPSA) is 83.1 Å². The van der Waals surface area contributed by atoms with Gasteiger partial charge in [0, 0.05) is 11.1 Å². The van der Waals surface area contributed by atoms with Crippen molar-refractivity contribution in [2.75, 3.05) is 20.8 Å². The van der Waals surface area contributed by atoms with Gasteiger partial charge in [-0.05, 0) is 47.5 Å². The van der Waals surface area contributed by atoms with Gasteiger partial charge >= 0.3 is 5.97 Å². The van der Waals surface area contributed by atoms with E-state index in [0.29, 0.717) is 22.8 Å². The Bertz CT molecular complexity index is 1540. The van der Waals surface area contributed by atoms with E-state index in [-0.39, 0.29) is 18.1 Å². The van der Waals surface area contributed by atoms with Crippen LogP contribution in [0.5, 0.6) is 17.2 Å². The van der Waals surface area contributed by atoms with Gasteiger partial charge in [-0.3, -0.25) is 10.1 Å². The molecule has 1 aliphatic rings. The Hall–Kier alpha value is -4.78. The van der Waals surface area contributed by atoms with Gasteiger partial charge in [-0.2, -0.15) is 0 Å². The van der Waals surface area contributed by atoms with Crippen LogP contribution in [0.3, 0.4) is 0 Å². The number of carbonyl (C=O) groups excluding carboxylic acids is 2. The van der Waals surface area contributed by atoms with Crippen LogP contribution in [-0.4, -0.2) is 32.7 Å². The third-order valence-electron chi connectivity index (χ3n) is 6.47. The minimum absolute atomic E-state index is 0.0277. The van der Waals surface area contributed by atoms with Crippen LogP contribution in [0.2, 0.25) is 0 Å². The Morgan fingerprint density at radius 1 is 0.868 bits per heavy atom. The summed E-state index contributed by atoms with van der Waals surface area (Å²) in [6.45, 7) is 1.91. The number of benzene rings is 4. The summed E-state index contributed by atoms with van der Waals surface area (Å²) in [7, 11) is 3.02. The normalized spacial score (nSPS) is 14.3. The summed E-state index contributed by atoms with van der Waals surface area (Å²) in [6, 6.07) is 26.2. The van der Waals surface area contributed by atoms with E-state index in [9.17, 15) is 9.59 Å². The molecular formula is C31H27NO6. The van der Waals surface area contributed by atoms with Crippen molar-refractivity contribution in [3.63, 3.8) is 0 Å². The summed E-state index contributed by atoms with van der Waals surface area (Å²) < 4.78 is 22.4. The molecule has 0 aromatic heterocycles. The Morgan fingerprint density at radius 2 is 1.61 bits per heavy atom. The molecule has 0 saturated heterocycles. The largest absolute Gasteiger partial charge is 0.493 e. The molecule has 1 atom stereocenters. The summed E-state index contributed by atoms with van der Waals surface area (Å²) >= 11 is 0. The summed E-state index contributed by atoms with van der Waals surface area (Å²) in [4.78, 5) is 26.9. The Labute approximate surface area is 220 Å². The fourth-order valence-electron chi connectivity index (χ4n) is 4.75. The van der Waals surface area contributed by atoms with Gasteiger partial charge in [-0.15, -0.1) is 0 Å². The predicted molar refractivity (Wildman–Crippen MR) is 144 cm³/mol. The molecule has 5 rings (SSSR count). The first-order chi connectivity index (χ1) is 18.5. The van der Waals surface area contributed by atoms with Gasteiger partial charge in [0.05, 0.1) is 26.7 Å². The van der Waals surface area contributed by atoms with E-state index >= 15 is 0 Å². The smallest absolute Gasteiger partial charge is 0.340 e. The molecule has 4 aromatic rings. The van der Waals surface area contributed by atoms with E-state index < -0.39 is 17.8 Å². The summed E-state index contributed by atoms with van der Waals surface area (Å²) in [5.41, 5.74) is 2.23. The minimum atomic E-state index is -0.567. The van der Waals surface area contributed by atoms with Gasteiger partial charge in [0.1, 0.15) is 11.3 Å². The number of rotatable bonds is 7. The second-order valence-corrected chi connectivity index (χ2v) is 8.63. The van der Waals surface area contributed by atoms with Gasteiger partial charge in [0.25, 0.3) is 5.91 Å². The van der Waals surface area contributed by atoms with Crippen molar-refractivity contribution in [2.24, 2.45) is 0 Å². The molecule has 7 nitrogen and oxygen atoms in total. The second kappa shape index (κ2) is 10.7. The number of ether oxygens (including phenoxy) is 4. The molecule has 0 radical (unpaired) electrons. The van der Waals surface area contributed by atoms with Gasteiger partial charge in [0.15, 0.2) is 11.5 Å². The van der Waals surface area contributed by atoms with Crippen molar-refractivity contribution < 1.29 is 28.5 Å². The van der Waals surface area contributed by atoms with Crippen LogP contribution in [0.15, 0.2) is 96.4 Å². The molecule has 0 spiro atoms. The molecule has 0 aliphatic carbocycles. The van der Waals surface area contributed by atoms with Crippen molar-refractivity contribution in [3.05, 3.63) is 113 Å². The molecule has 0 fully saturated rings. The highest BCUT2D eigenvalue weighted by molar-refractivity contribution is 6.00. The highest BCUT2D eigenvalue weighted by atomic mass is 16.5. The molecule has 4 aromatic carbocycles. The first kappa shape index (κ1) is 24.9. The van der Waals surface area contributed by atoms with Crippen molar-refractivity contribution in [3.8, 4) is 17.2 Å². The molecule has 1 amide bonds. The van der Waals surface area contributed by atoms with Crippen LogP contribution in [0, 0.1) is 0 Å². The van der Waals surface area contributed by atoms with Crippen LogP contribution in [0.1, 0.15) is 34.3 Å². The van der Waals surface area contributed by atoms with E-state index in [2.05, 4.69) is 5.32 Å². The van der Waals surface area contributed by atoms with Crippen LogP contribution < -0.4 is 19.5 Å². The van der Waals surface area contributed by atoms with Crippen LogP contribution in [-0.2, 0) is 9.53 Å². The molecular weight excluding hydrogens is 482 g/mol. The molecule has 1 heterocycles. The van der Waals surface area contributed by atoms with E-state index in [0.717, 1.165) is 21.9 Å². The minimum Gasteiger partial charge on any atom is -0.493 e. The Balaban J connectivity index is 1.68. The van der Waals surface area contributed by atoms with Crippen molar-refractivity contribution in [1.82, 2.24) is 5.32 Å². The molecule has 192 valence electrons. The zero-order valence-corrected chi connectivity index (χ0v) is 21.3. The number of amides is 1. The fraction of sp³-hybridized carbons (Fsp3) is 0.161. The van der Waals surface area contributed by atoms with Gasteiger partial charge in [-0.1, -0.05) is 60.7 Å². The number of nitrogens with one attached hydrogen (secondary N) is 1. The third-order valence-corrected chi connectivity index (χ3v) is 6.47. The van der Waals surface area contributed by atoms with E-state index in [4.69, 9.17) is 18.9 Å². The summed E-state index contributed by atoms with van der Waals surface area (Å²) in [5.74, 6) is -0.0992. The monoisotopic (exact) mass is 509 g/mol.